The minimum absolute atomic E-state index is 0.130. The Labute approximate surface area is 128 Å². The van der Waals surface area contributed by atoms with Crippen molar-refractivity contribution in [1.82, 2.24) is 0 Å². The second-order valence-corrected chi connectivity index (χ2v) is 6.55. The van der Waals surface area contributed by atoms with Gasteiger partial charge in [0, 0.05) is 27.2 Å². The van der Waals surface area contributed by atoms with Crippen LogP contribution in [0.3, 0.4) is 0 Å². The molecule has 0 bridgehead atoms. The van der Waals surface area contributed by atoms with Crippen LogP contribution in [0.4, 0.5) is 0 Å². The summed E-state index contributed by atoms with van der Waals surface area (Å²) in [5, 5.41) is 0.747. The second kappa shape index (κ2) is 6.02. The van der Waals surface area contributed by atoms with Crippen LogP contribution in [-0.4, -0.2) is 11.5 Å². The fourth-order valence-electron chi connectivity index (χ4n) is 2.55. The molecule has 1 aliphatic carbocycles. The third-order valence-corrected chi connectivity index (χ3v) is 5.11. The molecule has 0 saturated heterocycles. The minimum atomic E-state index is 0.130. The predicted octanol–water partition coefficient (Wildman–Crippen LogP) is 4.88. The molecule has 2 aromatic carbocycles. The molecule has 0 amide bonds. The molecular weight excluding hydrogens is 288 g/mol. The van der Waals surface area contributed by atoms with Crippen molar-refractivity contribution in [3.05, 3.63) is 64.7 Å². The standard InChI is InChI=1S/C17H15ClOS/c18-14-7-9-15(10-8-14)20-11-13-6-5-12-3-1-2-4-16(12)17(13)19/h1-4,7-10,13H,5-6,11H2. The highest BCUT2D eigenvalue weighted by atomic mass is 35.5. The number of halogens is 1. The van der Waals surface area contributed by atoms with Crippen LogP contribution in [0.25, 0.3) is 0 Å². The first-order chi connectivity index (χ1) is 9.74. The Bertz CT molecular complexity index is 621. The first-order valence-electron chi connectivity index (χ1n) is 6.74. The molecule has 1 aliphatic rings. The number of hydrogen-bond acceptors (Lipinski definition) is 2. The number of carbonyl (C=O) groups is 1. The molecule has 3 rings (SSSR count). The van der Waals surface area contributed by atoms with Crippen molar-refractivity contribution in [1.29, 1.82) is 0 Å². The number of benzene rings is 2. The highest BCUT2D eigenvalue weighted by molar-refractivity contribution is 7.99. The summed E-state index contributed by atoms with van der Waals surface area (Å²) in [7, 11) is 0. The maximum Gasteiger partial charge on any atom is 0.167 e. The Morgan fingerprint density at radius 1 is 1.10 bits per heavy atom. The van der Waals surface area contributed by atoms with Crippen LogP contribution in [-0.2, 0) is 6.42 Å². The van der Waals surface area contributed by atoms with Crippen molar-refractivity contribution in [2.75, 3.05) is 5.75 Å². The largest absolute Gasteiger partial charge is 0.294 e. The van der Waals surface area contributed by atoms with Gasteiger partial charge in [-0.2, -0.15) is 0 Å². The summed E-state index contributed by atoms with van der Waals surface area (Å²) in [6.45, 7) is 0. The lowest BCUT2D eigenvalue weighted by molar-refractivity contribution is 0.0917. The summed E-state index contributed by atoms with van der Waals surface area (Å²) in [5.74, 6) is 1.27. The molecule has 20 heavy (non-hydrogen) atoms. The van der Waals surface area contributed by atoms with E-state index in [0.29, 0.717) is 5.78 Å². The van der Waals surface area contributed by atoms with E-state index in [1.165, 1.54) is 10.5 Å². The number of aryl methyl sites for hydroxylation is 1. The SMILES string of the molecule is O=C1c2ccccc2CCC1CSc1ccc(Cl)cc1. The summed E-state index contributed by atoms with van der Waals surface area (Å²) in [4.78, 5) is 13.6. The van der Waals surface area contributed by atoms with Gasteiger partial charge in [0.05, 0.1) is 0 Å². The third-order valence-electron chi connectivity index (χ3n) is 3.68. The normalized spacial score (nSPS) is 17.9. The maximum atomic E-state index is 12.5. The lowest BCUT2D eigenvalue weighted by Gasteiger charge is -2.22. The van der Waals surface area contributed by atoms with E-state index >= 15 is 0 Å². The molecule has 1 unspecified atom stereocenters. The molecular formula is C17H15ClOS. The van der Waals surface area contributed by atoms with Gasteiger partial charge in [-0.25, -0.2) is 0 Å². The van der Waals surface area contributed by atoms with E-state index in [4.69, 9.17) is 11.6 Å². The Balaban J connectivity index is 1.68. The monoisotopic (exact) mass is 302 g/mol. The molecule has 0 fully saturated rings. The van der Waals surface area contributed by atoms with Crippen LogP contribution in [0, 0.1) is 5.92 Å². The van der Waals surface area contributed by atoms with Gasteiger partial charge in [0.2, 0.25) is 0 Å². The van der Waals surface area contributed by atoms with Crippen molar-refractivity contribution < 1.29 is 4.79 Å². The molecule has 1 atom stereocenters. The van der Waals surface area contributed by atoms with Gasteiger partial charge in [-0.15, -0.1) is 11.8 Å². The lowest BCUT2D eigenvalue weighted by Crippen LogP contribution is -2.24. The van der Waals surface area contributed by atoms with Crippen molar-refractivity contribution in [2.45, 2.75) is 17.7 Å². The zero-order chi connectivity index (χ0) is 13.9. The van der Waals surface area contributed by atoms with Gasteiger partial charge in [0.1, 0.15) is 0 Å². The third kappa shape index (κ3) is 2.92. The first-order valence-corrected chi connectivity index (χ1v) is 8.11. The Morgan fingerprint density at radius 3 is 2.65 bits per heavy atom. The highest BCUT2D eigenvalue weighted by Crippen LogP contribution is 2.30. The number of thioether (sulfide) groups is 1. The molecule has 0 N–H and O–H groups in total. The summed E-state index contributed by atoms with van der Waals surface area (Å²) in [6, 6.07) is 15.8. The van der Waals surface area contributed by atoms with Gasteiger partial charge < -0.3 is 0 Å². The molecule has 0 aromatic heterocycles. The Kier molecular flexibility index (Phi) is 4.13. The van der Waals surface area contributed by atoms with Crippen LogP contribution < -0.4 is 0 Å². The summed E-state index contributed by atoms with van der Waals surface area (Å²) in [6.07, 6.45) is 1.96. The van der Waals surface area contributed by atoms with E-state index in [1.807, 2.05) is 42.5 Å². The van der Waals surface area contributed by atoms with Crippen molar-refractivity contribution in [3.8, 4) is 0 Å². The van der Waals surface area contributed by atoms with Gasteiger partial charge in [0.25, 0.3) is 0 Å². The van der Waals surface area contributed by atoms with Crippen molar-refractivity contribution >= 4 is 29.1 Å². The molecule has 2 aromatic rings. The van der Waals surface area contributed by atoms with Gasteiger partial charge in [-0.1, -0.05) is 35.9 Å². The molecule has 0 radical (unpaired) electrons. The number of carbonyl (C=O) groups excluding carboxylic acids is 1. The molecule has 3 heteroatoms. The van der Waals surface area contributed by atoms with E-state index < -0.39 is 0 Å². The fraction of sp³-hybridized carbons (Fsp3) is 0.235. The van der Waals surface area contributed by atoms with E-state index in [0.717, 1.165) is 29.2 Å². The number of hydrogen-bond donors (Lipinski definition) is 0. The van der Waals surface area contributed by atoms with Gasteiger partial charge in [0.15, 0.2) is 5.78 Å². The lowest BCUT2D eigenvalue weighted by atomic mass is 9.84. The molecule has 102 valence electrons. The molecule has 0 heterocycles. The van der Waals surface area contributed by atoms with Gasteiger partial charge in [-0.3, -0.25) is 4.79 Å². The molecule has 0 saturated carbocycles. The maximum absolute atomic E-state index is 12.5. The van der Waals surface area contributed by atoms with Crippen molar-refractivity contribution in [3.63, 3.8) is 0 Å². The summed E-state index contributed by atoms with van der Waals surface area (Å²) < 4.78 is 0. The zero-order valence-electron chi connectivity index (χ0n) is 11.0. The quantitative estimate of drug-likeness (QED) is 0.752. The number of rotatable bonds is 3. The van der Waals surface area contributed by atoms with Crippen LogP contribution in [0.1, 0.15) is 22.3 Å². The number of Topliss-reactive ketones (excluding diaryl/α,β-unsaturated/α-hetero) is 1. The van der Waals surface area contributed by atoms with Crippen molar-refractivity contribution in [2.24, 2.45) is 5.92 Å². The van der Waals surface area contributed by atoms with E-state index in [2.05, 4.69) is 6.07 Å². The van der Waals surface area contributed by atoms with E-state index in [9.17, 15) is 4.79 Å². The summed E-state index contributed by atoms with van der Waals surface area (Å²) in [5.41, 5.74) is 2.12. The highest BCUT2D eigenvalue weighted by Gasteiger charge is 2.26. The number of ketones is 1. The van der Waals surface area contributed by atoms with E-state index in [1.54, 1.807) is 11.8 Å². The topological polar surface area (TPSA) is 17.1 Å². The van der Waals surface area contributed by atoms with Crippen LogP contribution in [0.5, 0.6) is 0 Å². The van der Waals surface area contributed by atoms with Crippen LogP contribution >= 0.6 is 23.4 Å². The van der Waals surface area contributed by atoms with Crippen LogP contribution in [0.2, 0.25) is 5.02 Å². The van der Waals surface area contributed by atoms with Crippen LogP contribution in [0.15, 0.2) is 53.4 Å². The average Bonchev–Trinajstić information content (AvgIpc) is 2.49. The minimum Gasteiger partial charge on any atom is -0.294 e. The van der Waals surface area contributed by atoms with E-state index in [-0.39, 0.29) is 5.92 Å². The van der Waals surface area contributed by atoms with Gasteiger partial charge >= 0.3 is 0 Å². The van der Waals surface area contributed by atoms with Gasteiger partial charge in [-0.05, 0) is 42.7 Å². The Morgan fingerprint density at radius 2 is 1.85 bits per heavy atom. The smallest absolute Gasteiger partial charge is 0.167 e. The Hall–Kier alpha value is -1.25. The zero-order valence-corrected chi connectivity index (χ0v) is 12.6. The molecule has 1 nitrogen and oxygen atoms in total. The first kappa shape index (κ1) is 13.7. The fourth-order valence-corrected chi connectivity index (χ4v) is 3.71. The predicted molar refractivity (Wildman–Crippen MR) is 84.8 cm³/mol. The molecule has 0 aliphatic heterocycles. The molecule has 0 spiro atoms. The summed E-state index contributed by atoms with van der Waals surface area (Å²) >= 11 is 7.61. The number of fused-ring (bicyclic) bond motifs is 1. The average molecular weight is 303 g/mol. The second-order valence-electron chi connectivity index (χ2n) is 5.02.